The lowest BCUT2D eigenvalue weighted by molar-refractivity contribution is -0.138. The molecule has 1 heterocycles. The van der Waals surface area contributed by atoms with Crippen LogP contribution in [0.5, 0.6) is 0 Å². The molecule has 0 aromatic heterocycles. The van der Waals surface area contributed by atoms with Gasteiger partial charge < -0.3 is 4.90 Å². The van der Waals surface area contributed by atoms with Crippen LogP contribution in [0.15, 0.2) is 0 Å². The Morgan fingerprint density at radius 1 is 1.33 bits per heavy atom. The first kappa shape index (κ1) is 12.4. The van der Waals surface area contributed by atoms with Gasteiger partial charge in [-0.05, 0) is 13.8 Å². The van der Waals surface area contributed by atoms with Crippen LogP contribution in [0.1, 0.15) is 13.8 Å². The Kier molecular flexibility index (Phi) is 3.72. The molecule has 1 aliphatic rings. The molecule has 6 heteroatoms. The van der Waals surface area contributed by atoms with E-state index in [0.717, 1.165) is 0 Å². The zero-order valence-corrected chi connectivity index (χ0v) is 10.2. The summed E-state index contributed by atoms with van der Waals surface area (Å²) in [6, 6.07) is 0. The molecular formula is C9H18N2O3S. The first-order chi connectivity index (χ1) is 6.90. The normalized spacial score (nSPS) is 18.6. The van der Waals surface area contributed by atoms with Crippen molar-refractivity contribution in [1.29, 1.82) is 0 Å². The first-order valence-electron chi connectivity index (χ1n) is 5.14. The Bertz CT molecular complexity index is 329. The van der Waals surface area contributed by atoms with Crippen LogP contribution in [-0.2, 0) is 14.8 Å². The maximum absolute atomic E-state index is 11.8. The fourth-order valence-electron chi connectivity index (χ4n) is 1.66. The summed E-state index contributed by atoms with van der Waals surface area (Å²) in [7, 11) is -3.11. The lowest BCUT2D eigenvalue weighted by Crippen LogP contribution is -2.56. The van der Waals surface area contributed by atoms with E-state index in [1.165, 1.54) is 10.6 Å². The quantitative estimate of drug-likeness (QED) is 0.674. The van der Waals surface area contributed by atoms with Crippen LogP contribution in [0, 0.1) is 5.92 Å². The molecule has 0 spiro atoms. The molecule has 0 aliphatic carbocycles. The second-order valence-corrected chi connectivity index (χ2v) is 5.77. The van der Waals surface area contributed by atoms with Crippen molar-refractivity contribution in [2.24, 2.45) is 5.92 Å². The number of nitrogens with zero attached hydrogens (tertiary/aromatic N) is 2. The number of carbonyl (C=O) groups excluding carboxylic acids is 1. The van der Waals surface area contributed by atoms with Crippen molar-refractivity contribution in [2.75, 3.05) is 32.4 Å². The number of hydrogen-bond donors (Lipinski definition) is 0. The Morgan fingerprint density at radius 2 is 1.80 bits per heavy atom. The molecule has 1 amide bonds. The summed E-state index contributed by atoms with van der Waals surface area (Å²) in [6.07, 6.45) is 1.17. The molecule has 1 fully saturated rings. The van der Waals surface area contributed by atoms with Crippen LogP contribution < -0.4 is 0 Å². The molecule has 0 aromatic rings. The van der Waals surface area contributed by atoms with E-state index in [2.05, 4.69) is 0 Å². The molecule has 0 bridgehead atoms. The van der Waals surface area contributed by atoms with Gasteiger partial charge in [0.15, 0.2) is 0 Å². The number of rotatable bonds is 4. The lowest BCUT2D eigenvalue weighted by Gasteiger charge is -2.38. The highest BCUT2D eigenvalue weighted by atomic mass is 32.2. The Labute approximate surface area is 91.1 Å². The number of sulfonamides is 1. The van der Waals surface area contributed by atoms with Gasteiger partial charge in [0.25, 0.3) is 0 Å². The van der Waals surface area contributed by atoms with E-state index in [0.29, 0.717) is 26.2 Å². The predicted molar refractivity (Wildman–Crippen MR) is 57.8 cm³/mol. The van der Waals surface area contributed by atoms with E-state index < -0.39 is 10.0 Å². The molecule has 0 N–H and O–H groups in total. The number of carbonyl (C=O) groups is 1. The highest BCUT2D eigenvalue weighted by Crippen LogP contribution is 2.20. The fourth-order valence-corrected chi connectivity index (χ4v) is 2.56. The summed E-state index contributed by atoms with van der Waals surface area (Å²) in [4.78, 5) is 13.5. The van der Waals surface area contributed by atoms with Crippen molar-refractivity contribution in [3.8, 4) is 0 Å². The van der Waals surface area contributed by atoms with Gasteiger partial charge in [0, 0.05) is 26.2 Å². The average Bonchev–Trinajstić information content (AvgIpc) is 2.00. The molecule has 0 radical (unpaired) electrons. The lowest BCUT2D eigenvalue weighted by atomic mass is 10.0. The van der Waals surface area contributed by atoms with E-state index in [9.17, 15) is 13.2 Å². The topological polar surface area (TPSA) is 57.7 Å². The SMILES string of the molecule is CCN(CC)C(=O)C1CN(S(C)(=O)=O)C1. The molecule has 1 saturated heterocycles. The van der Waals surface area contributed by atoms with Gasteiger partial charge >= 0.3 is 0 Å². The molecular weight excluding hydrogens is 216 g/mol. The summed E-state index contributed by atoms with van der Waals surface area (Å²) in [5, 5.41) is 0. The third-order valence-corrected chi connectivity index (χ3v) is 3.98. The molecule has 88 valence electrons. The van der Waals surface area contributed by atoms with Gasteiger partial charge in [0.05, 0.1) is 12.2 Å². The summed E-state index contributed by atoms with van der Waals surface area (Å²) in [5.41, 5.74) is 0. The van der Waals surface area contributed by atoms with Crippen molar-refractivity contribution in [1.82, 2.24) is 9.21 Å². The maximum Gasteiger partial charge on any atom is 0.228 e. The van der Waals surface area contributed by atoms with E-state index in [-0.39, 0.29) is 11.8 Å². The van der Waals surface area contributed by atoms with Gasteiger partial charge in [-0.15, -0.1) is 0 Å². The molecule has 1 rings (SSSR count). The highest BCUT2D eigenvalue weighted by molar-refractivity contribution is 7.88. The van der Waals surface area contributed by atoms with Crippen LogP contribution >= 0.6 is 0 Å². The van der Waals surface area contributed by atoms with Crippen LogP contribution in [0.4, 0.5) is 0 Å². The largest absolute Gasteiger partial charge is 0.343 e. The summed E-state index contributed by atoms with van der Waals surface area (Å²) >= 11 is 0. The molecule has 0 unspecified atom stereocenters. The fraction of sp³-hybridized carbons (Fsp3) is 0.889. The van der Waals surface area contributed by atoms with Crippen molar-refractivity contribution >= 4 is 15.9 Å². The average molecular weight is 234 g/mol. The molecule has 0 saturated carbocycles. The Balaban J connectivity index is 2.49. The smallest absolute Gasteiger partial charge is 0.228 e. The van der Waals surface area contributed by atoms with Crippen molar-refractivity contribution in [3.63, 3.8) is 0 Å². The van der Waals surface area contributed by atoms with E-state index >= 15 is 0 Å². The molecule has 0 atom stereocenters. The van der Waals surface area contributed by atoms with E-state index in [1.54, 1.807) is 4.90 Å². The van der Waals surface area contributed by atoms with E-state index in [4.69, 9.17) is 0 Å². The summed E-state index contributed by atoms with van der Waals surface area (Å²) in [5.74, 6) is -0.0699. The molecule has 0 aromatic carbocycles. The van der Waals surface area contributed by atoms with Gasteiger partial charge in [0.2, 0.25) is 15.9 Å². The second kappa shape index (κ2) is 4.49. The Morgan fingerprint density at radius 3 is 2.13 bits per heavy atom. The minimum absolute atomic E-state index is 0.0694. The number of amides is 1. The van der Waals surface area contributed by atoms with Crippen LogP contribution in [0.2, 0.25) is 0 Å². The Hall–Kier alpha value is -0.620. The highest BCUT2D eigenvalue weighted by Gasteiger charge is 2.38. The van der Waals surface area contributed by atoms with Crippen LogP contribution in [0.3, 0.4) is 0 Å². The van der Waals surface area contributed by atoms with Gasteiger partial charge in [0.1, 0.15) is 0 Å². The number of hydrogen-bond acceptors (Lipinski definition) is 3. The van der Waals surface area contributed by atoms with Crippen molar-refractivity contribution in [2.45, 2.75) is 13.8 Å². The zero-order chi connectivity index (χ0) is 11.6. The maximum atomic E-state index is 11.8. The summed E-state index contributed by atoms with van der Waals surface area (Å²) in [6.45, 7) is 5.90. The predicted octanol–water partition coefficient (Wildman–Crippen LogP) is -0.254. The van der Waals surface area contributed by atoms with Crippen LogP contribution in [-0.4, -0.2) is 56.0 Å². The van der Waals surface area contributed by atoms with Gasteiger partial charge in [-0.1, -0.05) is 0 Å². The zero-order valence-electron chi connectivity index (χ0n) is 9.43. The third-order valence-electron chi connectivity index (χ3n) is 2.74. The second-order valence-electron chi connectivity index (χ2n) is 3.79. The van der Waals surface area contributed by atoms with Crippen molar-refractivity contribution < 1.29 is 13.2 Å². The van der Waals surface area contributed by atoms with Gasteiger partial charge in [-0.3, -0.25) is 4.79 Å². The molecule has 15 heavy (non-hydrogen) atoms. The van der Waals surface area contributed by atoms with Crippen LogP contribution in [0.25, 0.3) is 0 Å². The first-order valence-corrected chi connectivity index (χ1v) is 6.98. The third kappa shape index (κ3) is 2.69. The molecule has 1 aliphatic heterocycles. The minimum atomic E-state index is -3.11. The van der Waals surface area contributed by atoms with Crippen molar-refractivity contribution in [3.05, 3.63) is 0 Å². The van der Waals surface area contributed by atoms with Gasteiger partial charge in [-0.25, -0.2) is 12.7 Å². The van der Waals surface area contributed by atoms with E-state index in [1.807, 2.05) is 13.8 Å². The monoisotopic (exact) mass is 234 g/mol. The summed E-state index contributed by atoms with van der Waals surface area (Å²) < 4.78 is 23.5. The molecule has 5 nitrogen and oxygen atoms in total. The standard InChI is InChI=1S/C9H18N2O3S/c1-4-10(5-2)9(12)8-6-11(7-8)15(3,13)14/h8H,4-7H2,1-3H3. The van der Waals surface area contributed by atoms with Gasteiger partial charge in [-0.2, -0.15) is 0 Å². The minimum Gasteiger partial charge on any atom is -0.343 e.